The Kier molecular flexibility index (Phi) is 9.76. The average Bonchev–Trinajstić information content (AvgIpc) is 2.84. The summed E-state index contributed by atoms with van der Waals surface area (Å²) in [4.78, 5) is 25.5. The molecule has 0 aliphatic heterocycles. The molecule has 6 nitrogen and oxygen atoms in total. The molecule has 0 atom stereocenters. The molecule has 0 saturated heterocycles. The van der Waals surface area contributed by atoms with Gasteiger partial charge in [-0.05, 0) is 73.5 Å². The summed E-state index contributed by atoms with van der Waals surface area (Å²) < 4.78 is 0. The van der Waals surface area contributed by atoms with E-state index in [1.54, 1.807) is 17.6 Å². The summed E-state index contributed by atoms with van der Waals surface area (Å²) in [6.07, 6.45) is 3.59. The minimum Gasteiger partial charge on any atom is -0.352 e. The van der Waals surface area contributed by atoms with Crippen molar-refractivity contribution in [3.8, 4) is 0 Å². The highest BCUT2D eigenvalue weighted by atomic mass is 35.5. The normalized spacial score (nSPS) is 10.6. The summed E-state index contributed by atoms with van der Waals surface area (Å²) in [5, 5.41) is 12.6. The van der Waals surface area contributed by atoms with Crippen LogP contribution < -0.4 is 15.7 Å². The van der Waals surface area contributed by atoms with E-state index in [0.717, 1.165) is 36.3 Å². The van der Waals surface area contributed by atoms with Gasteiger partial charge in [-0.15, -0.1) is 0 Å². The predicted octanol–water partition coefficient (Wildman–Crippen LogP) is 6.65. The number of nitrogens with zero attached hydrogens (tertiary/aromatic N) is 1. The zero-order chi connectivity index (χ0) is 24.3. The van der Waals surface area contributed by atoms with E-state index in [1.165, 1.54) is 0 Å². The number of rotatable bonds is 11. The first-order chi connectivity index (χ1) is 16.5. The van der Waals surface area contributed by atoms with Crippen LogP contribution in [0.25, 0.3) is 0 Å². The number of nitrogens with one attached hydrogen (secondary N) is 2. The lowest BCUT2D eigenvalue weighted by atomic mass is 10.1. The van der Waals surface area contributed by atoms with Gasteiger partial charge in [0.25, 0.3) is 5.91 Å². The maximum Gasteiger partial charge on any atom is 0.251 e. The zero-order valence-electron chi connectivity index (χ0n) is 18.6. The van der Waals surface area contributed by atoms with Gasteiger partial charge in [-0.2, -0.15) is 0 Å². The van der Waals surface area contributed by atoms with Crippen LogP contribution in [0.4, 0.5) is 17.1 Å². The number of unbranched alkanes of at least 4 members (excludes halogenated alkanes) is 3. The van der Waals surface area contributed by atoms with Crippen LogP contribution in [0.5, 0.6) is 0 Å². The Morgan fingerprint density at radius 3 is 1.91 bits per heavy atom. The summed E-state index contributed by atoms with van der Waals surface area (Å²) in [5.41, 5.74) is 4.82. The van der Waals surface area contributed by atoms with E-state index in [9.17, 15) is 9.59 Å². The van der Waals surface area contributed by atoms with Gasteiger partial charge in [0.2, 0.25) is 5.91 Å². The van der Waals surface area contributed by atoms with Crippen LogP contribution in [0.2, 0.25) is 10.0 Å². The molecule has 3 aromatic carbocycles. The number of anilines is 3. The van der Waals surface area contributed by atoms with Crippen molar-refractivity contribution in [1.29, 1.82) is 0 Å². The first kappa shape index (κ1) is 25.6. The Bertz CT molecular complexity index is 1060. The van der Waals surface area contributed by atoms with E-state index in [-0.39, 0.29) is 11.8 Å². The molecule has 3 rings (SSSR count). The summed E-state index contributed by atoms with van der Waals surface area (Å²) in [6.45, 7) is 0.559. The van der Waals surface area contributed by atoms with Crippen LogP contribution in [0.1, 0.15) is 42.5 Å². The second kappa shape index (κ2) is 13.0. The molecule has 0 bridgehead atoms. The van der Waals surface area contributed by atoms with Gasteiger partial charge in [-0.1, -0.05) is 48.2 Å². The van der Waals surface area contributed by atoms with Gasteiger partial charge in [0.1, 0.15) is 0 Å². The van der Waals surface area contributed by atoms with Gasteiger partial charge in [0, 0.05) is 45.6 Å². The average molecular weight is 500 g/mol. The Morgan fingerprint density at radius 1 is 0.765 bits per heavy atom. The lowest BCUT2D eigenvalue weighted by Crippen LogP contribution is -2.24. The van der Waals surface area contributed by atoms with Crippen molar-refractivity contribution in [2.24, 2.45) is 0 Å². The standard InChI is InChI=1S/C26H27Cl2N3O3/c27-20-7-5-9-23(17-20)31(24-10-6-8-21(28)18-24)22-14-12-19(13-15-22)26(33)29-16-4-2-1-3-11-25(32)30-34/h5-10,12-15,17-18,34H,1-4,11,16H2,(H,29,33)(H,30,32). The summed E-state index contributed by atoms with van der Waals surface area (Å²) in [6, 6.07) is 22.5. The van der Waals surface area contributed by atoms with E-state index in [1.807, 2.05) is 65.6 Å². The van der Waals surface area contributed by atoms with E-state index in [2.05, 4.69) is 5.32 Å². The molecule has 2 amide bonds. The van der Waals surface area contributed by atoms with Gasteiger partial charge < -0.3 is 10.2 Å². The second-order valence-electron chi connectivity index (χ2n) is 7.80. The Morgan fingerprint density at radius 2 is 1.35 bits per heavy atom. The van der Waals surface area contributed by atoms with Crippen molar-refractivity contribution in [1.82, 2.24) is 10.8 Å². The van der Waals surface area contributed by atoms with Crippen molar-refractivity contribution in [2.75, 3.05) is 11.4 Å². The van der Waals surface area contributed by atoms with Crippen molar-refractivity contribution in [3.05, 3.63) is 88.4 Å². The highest BCUT2D eigenvalue weighted by molar-refractivity contribution is 6.31. The number of halogens is 2. The van der Waals surface area contributed by atoms with Gasteiger partial charge in [0.05, 0.1) is 0 Å². The first-order valence-electron chi connectivity index (χ1n) is 11.1. The van der Waals surface area contributed by atoms with E-state index in [0.29, 0.717) is 35.0 Å². The van der Waals surface area contributed by atoms with Crippen molar-refractivity contribution in [3.63, 3.8) is 0 Å². The molecule has 0 fully saturated rings. The molecule has 0 aromatic heterocycles. The molecule has 0 saturated carbocycles. The molecule has 0 heterocycles. The second-order valence-corrected chi connectivity index (χ2v) is 8.67. The van der Waals surface area contributed by atoms with Crippen molar-refractivity contribution < 1.29 is 14.8 Å². The van der Waals surface area contributed by atoms with E-state index >= 15 is 0 Å². The Labute approximate surface area is 209 Å². The lowest BCUT2D eigenvalue weighted by molar-refractivity contribution is -0.129. The van der Waals surface area contributed by atoms with Gasteiger partial charge in [0.15, 0.2) is 0 Å². The fourth-order valence-corrected chi connectivity index (χ4v) is 3.93. The van der Waals surface area contributed by atoms with Crippen LogP contribution in [-0.2, 0) is 4.79 Å². The van der Waals surface area contributed by atoms with Crippen LogP contribution in [0.3, 0.4) is 0 Å². The number of amides is 2. The number of hydroxylamine groups is 1. The van der Waals surface area contributed by atoms with Gasteiger partial charge in [-0.25, -0.2) is 5.48 Å². The molecule has 0 aliphatic carbocycles. The number of carbonyl (C=O) groups excluding carboxylic acids is 2. The summed E-state index contributed by atoms with van der Waals surface area (Å²) in [7, 11) is 0. The number of hydrogen-bond acceptors (Lipinski definition) is 4. The highest BCUT2D eigenvalue weighted by Gasteiger charge is 2.14. The third-order valence-corrected chi connectivity index (χ3v) is 5.73. The summed E-state index contributed by atoms with van der Waals surface area (Å²) in [5.74, 6) is -0.510. The third-order valence-electron chi connectivity index (χ3n) is 5.26. The smallest absolute Gasteiger partial charge is 0.251 e. The van der Waals surface area contributed by atoms with Crippen LogP contribution >= 0.6 is 23.2 Å². The van der Waals surface area contributed by atoms with E-state index < -0.39 is 0 Å². The molecule has 0 unspecified atom stereocenters. The van der Waals surface area contributed by atoms with Crippen molar-refractivity contribution in [2.45, 2.75) is 32.1 Å². The summed E-state index contributed by atoms with van der Waals surface area (Å²) >= 11 is 12.5. The van der Waals surface area contributed by atoms with Crippen LogP contribution in [0, 0.1) is 0 Å². The fourth-order valence-electron chi connectivity index (χ4n) is 3.56. The molecule has 0 radical (unpaired) electrons. The van der Waals surface area contributed by atoms with E-state index in [4.69, 9.17) is 28.4 Å². The Hall–Kier alpha value is -3.06. The first-order valence-corrected chi connectivity index (χ1v) is 11.9. The van der Waals surface area contributed by atoms with Crippen molar-refractivity contribution >= 4 is 52.1 Å². The molecule has 3 aromatic rings. The minimum atomic E-state index is -0.374. The predicted molar refractivity (Wildman–Crippen MR) is 136 cm³/mol. The van der Waals surface area contributed by atoms with Gasteiger partial charge in [-0.3, -0.25) is 14.8 Å². The van der Waals surface area contributed by atoms with Crippen LogP contribution in [0.15, 0.2) is 72.8 Å². The highest BCUT2D eigenvalue weighted by Crippen LogP contribution is 2.36. The minimum absolute atomic E-state index is 0.136. The maximum atomic E-state index is 12.5. The monoisotopic (exact) mass is 499 g/mol. The largest absolute Gasteiger partial charge is 0.352 e. The molecule has 178 valence electrons. The third kappa shape index (κ3) is 7.48. The number of hydrogen-bond donors (Lipinski definition) is 3. The fraction of sp³-hybridized carbons (Fsp3) is 0.231. The SMILES string of the molecule is O=C(CCCCCCNC(=O)c1ccc(N(c2cccc(Cl)c2)c2cccc(Cl)c2)cc1)NO. The number of benzene rings is 3. The molecule has 3 N–H and O–H groups in total. The topological polar surface area (TPSA) is 81.7 Å². The number of carbonyl (C=O) groups is 2. The maximum absolute atomic E-state index is 12.5. The Balaban J connectivity index is 1.62. The molecule has 8 heteroatoms. The molecular weight excluding hydrogens is 473 g/mol. The molecule has 0 spiro atoms. The molecule has 0 aliphatic rings. The molecular formula is C26H27Cl2N3O3. The lowest BCUT2D eigenvalue weighted by Gasteiger charge is -2.26. The quantitative estimate of drug-likeness (QED) is 0.156. The molecule has 34 heavy (non-hydrogen) atoms. The van der Waals surface area contributed by atoms with Gasteiger partial charge >= 0.3 is 0 Å². The zero-order valence-corrected chi connectivity index (χ0v) is 20.1. The van der Waals surface area contributed by atoms with Crippen LogP contribution in [-0.4, -0.2) is 23.6 Å².